The molecule has 2 rings (SSSR count). The van der Waals surface area contributed by atoms with Gasteiger partial charge in [0.05, 0.1) is 16.6 Å². The predicted molar refractivity (Wildman–Crippen MR) is 72.3 cm³/mol. The van der Waals surface area contributed by atoms with E-state index < -0.39 is 22.4 Å². The Morgan fingerprint density at radius 2 is 1.84 bits per heavy atom. The Morgan fingerprint density at radius 3 is 2.53 bits per heavy atom. The highest BCUT2D eigenvalue weighted by Gasteiger charge is 2.11. The minimum absolute atomic E-state index is 0.0947. The molecule has 0 aliphatic rings. The number of rotatable bonds is 3. The Morgan fingerprint density at radius 1 is 1.11 bits per heavy atom. The molecule has 0 spiro atoms. The Labute approximate surface area is 116 Å². The van der Waals surface area contributed by atoms with Crippen LogP contribution in [0.5, 0.6) is 0 Å². The van der Waals surface area contributed by atoms with Gasteiger partial charge < -0.3 is 5.73 Å². The highest BCUT2D eigenvalue weighted by atomic mass is 35.5. The van der Waals surface area contributed by atoms with Crippen molar-refractivity contribution in [1.29, 1.82) is 0 Å². The van der Waals surface area contributed by atoms with E-state index in [2.05, 4.69) is 0 Å². The highest BCUT2D eigenvalue weighted by Crippen LogP contribution is 2.22. The third kappa shape index (κ3) is 3.30. The molecule has 0 saturated carbocycles. The van der Waals surface area contributed by atoms with Gasteiger partial charge in [-0.15, -0.1) is 0 Å². The Hall–Kier alpha value is -1.46. The minimum Gasteiger partial charge on any atom is -0.398 e. The minimum atomic E-state index is -1.52. The molecule has 0 bridgehead atoms. The van der Waals surface area contributed by atoms with E-state index >= 15 is 0 Å². The number of hydrogen-bond donors (Lipinski definition) is 1. The second-order valence-corrected chi connectivity index (χ2v) is 5.80. The Kier molecular flexibility index (Phi) is 4.17. The molecular weight excluding hydrogens is 292 g/mol. The van der Waals surface area contributed by atoms with Crippen molar-refractivity contribution in [2.24, 2.45) is 0 Å². The molecule has 0 heterocycles. The first-order valence-corrected chi connectivity index (χ1v) is 7.04. The molecule has 2 aromatic carbocycles. The van der Waals surface area contributed by atoms with Gasteiger partial charge in [0, 0.05) is 15.6 Å². The van der Waals surface area contributed by atoms with E-state index in [1.54, 1.807) is 18.2 Å². The van der Waals surface area contributed by atoms with Crippen LogP contribution in [0.4, 0.5) is 14.5 Å². The van der Waals surface area contributed by atoms with Crippen molar-refractivity contribution in [3.05, 3.63) is 58.6 Å². The topological polar surface area (TPSA) is 43.1 Å². The van der Waals surface area contributed by atoms with Gasteiger partial charge in [0.2, 0.25) is 0 Å². The maximum atomic E-state index is 13.1. The monoisotopic (exact) mass is 301 g/mol. The van der Waals surface area contributed by atoms with Crippen LogP contribution in [-0.4, -0.2) is 4.21 Å². The molecule has 100 valence electrons. The molecule has 0 fully saturated rings. The van der Waals surface area contributed by atoms with Crippen LogP contribution in [0.15, 0.2) is 41.3 Å². The molecule has 1 atom stereocenters. The summed E-state index contributed by atoms with van der Waals surface area (Å²) < 4.78 is 37.9. The predicted octanol–water partition coefficient (Wildman–Crippen LogP) is 3.51. The molecule has 2 N–H and O–H groups in total. The van der Waals surface area contributed by atoms with Gasteiger partial charge in [-0.25, -0.2) is 8.78 Å². The lowest BCUT2D eigenvalue weighted by Gasteiger charge is -2.07. The van der Waals surface area contributed by atoms with Gasteiger partial charge >= 0.3 is 0 Å². The standard InChI is InChI=1S/C13H10ClF2NOS/c14-9-1-4-13(17)8(5-9)7-19(18)10-2-3-11(15)12(16)6-10/h1-6H,7,17H2. The zero-order valence-electron chi connectivity index (χ0n) is 9.70. The molecule has 2 nitrogen and oxygen atoms in total. The number of nitrogen functional groups attached to an aromatic ring is 1. The first-order valence-electron chi connectivity index (χ1n) is 5.34. The second-order valence-electron chi connectivity index (χ2n) is 3.91. The summed E-state index contributed by atoms with van der Waals surface area (Å²) in [4.78, 5) is 0.207. The number of benzene rings is 2. The largest absolute Gasteiger partial charge is 0.398 e. The molecule has 0 radical (unpaired) electrons. The van der Waals surface area contributed by atoms with Crippen molar-refractivity contribution >= 4 is 28.1 Å². The number of anilines is 1. The molecule has 0 aromatic heterocycles. The molecule has 0 amide bonds. The van der Waals surface area contributed by atoms with Gasteiger partial charge in [-0.2, -0.15) is 0 Å². The van der Waals surface area contributed by atoms with E-state index in [-0.39, 0.29) is 10.6 Å². The summed E-state index contributed by atoms with van der Waals surface area (Å²) in [6.07, 6.45) is 0. The van der Waals surface area contributed by atoms with Gasteiger partial charge in [-0.05, 0) is 42.0 Å². The second kappa shape index (κ2) is 5.67. The van der Waals surface area contributed by atoms with Crippen LogP contribution in [0.25, 0.3) is 0 Å². The fraction of sp³-hybridized carbons (Fsp3) is 0.0769. The van der Waals surface area contributed by atoms with Crippen LogP contribution in [0.1, 0.15) is 5.56 Å². The van der Waals surface area contributed by atoms with Crippen LogP contribution >= 0.6 is 11.6 Å². The first kappa shape index (κ1) is 14.0. The van der Waals surface area contributed by atoms with Crippen molar-refractivity contribution < 1.29 is 13.0 Å². The van der Waals surface area contributed by atoms with E-state index in [9.17, 15) is 13.0 Å². The smallest absolute Gasteiger partial charge is 0.160 e. The first-order chi connectivity index (χ1) is 8.97. The summed E-state index contributed by atoms with van der Waals surface area (Å²) >= 11 is 5.83. The van der Waals surface area contributed by atoms with Crippen LogP contribution in [0.2, 0.25) is 5.02 Å². The highest BCUT2D eigenvalue weighted by molar-refractivity contribution is 7.84. The van der Waals surface area contributed by atoms with Gasteiger partial charge in [0.1, 0.15) is 0 Å². The van der Waals surface area contributed by atoms with Gasteiger partial charge in [0.25, 0.3) is 0 Å². The van der Waals surface area contributed by atoms with Gasteiger partial charge in [-0.1, -0.05) is 11.6 Å². The number of hydrogen-bond acceptors (Lipinski definition) is 2. The zero-order chi connectivity index (χ0) is 14.0. The average molecular weight is 302 g/mol. The summed E-state index contributed by atoms with van der Waals surface area (Å²) in [6, 6.07) is 8.00. The molecule has 0 saturated heterocycles. The van der Waals surface area contributed by atoms with Gasteiger partial charge in [0.15, 0.2) is 11.6 Å². The van der Waals surface area contributed by atoms with Crippen molar-refractivity contribution in [2.45, 2.75) is 10.6 Å². The molecule has 1 unspecified atom stereocenters. The van der Waals surface area contributed by atoms with Crippen LogP contribution in [0, 0.1) is 11.6 Å². The fourth-order valence-electron chi connectivity index (χ4n) is 1.54. The van der Waals surface area contributed by atoms with E-state index in [0.29, 0.717) is 16.3 Å². The fourth-order valence-corrected chi connectivity index (χ4v) is 2.89. The molecule has 0 aliphatic carbocycles. The maximum Gasteiger partial charge on any atom is 0.160 e. The number of nitrogens with two attached hydrogens (primary N) is 1. The van der Waals surface area contributed by atoms with Crippen molar-refractivity contribution in [1.82, 2.24) is 0 Å². The van der Waals surface area contributed by atoms with Crippen LogP contribution in [0.3, 0.4) is 0 Å². The maximum absolute atomic E-state index is 13.1. The van der Waals surface area contributed by atoms with Crippen LogP contribution in [-0.2, 0) is 16.6 Å². The van der Waals surface area contributed by atoms with Crippen molar-refractivity contribution in [3.63, 3.8) is 0 Å². The average Bonchev–Trinajstić information content (AvgIpc) is 2.37. The van der Waals surface area contributed by atoms with Gasteiger partial charge in [-0.3, -0.25) is 4.21 Å². The molecule has 19 heavy (non-hydrogen) atoms. The summed E-state index contributed by atoms with van der Waals surface area (Å²) in [5.41, 5.74) is 6.81. The number of halogens is 3. The normalized spacial score (nSPS) is 12.4. The van der Waals surface area contributed by atoms with E-state index in [0.717, 1.165) is 12.1 Å². The van der Waals surface area contributed by atoms with Crippen LogP contribution < -0.4 is 5.73 Å². The van der Waals surface area contributed by atoms with Crippen molar-refractivity contribution in [2.75, 3.05) is 5.73 Å². The molecule has 6 heteroatoms. The molecule has 2 aromatic rings. The van der Waals surface area contributed by atoms with E-state index in [1.165, 1.54) is 6.07 Å². The quantitative estimate of drug-likeness (QED) is 0.882. The van der Waals surface area contributed by atoms with E-state index in [4.69, 9.17) is 17.3 Å². The third-order valence-electron chi connectivity index (χ3n) is 2.55. The van der Waals surface area contributed by atoms with E-state index in [1.807, 2.05) is 0 Å². The Bertz CT molecular complexity index is 649. The SMILES string of the molecule is Nc1ccc(Cl)cc1CS(=O)c1ccc(F)c(F)c1. The molecular formula is C13H10ClF2NOS. The molecule has 0 aliphatic heterocycles. The lowest BCUT2D eigenvalue weighted by molar-refractivity contribution is 0.505. The van der Waals surface area contributed by atoms with Crippen molar-refractivity contribution in [3.8, 4) is 0 Å². The summed E-state index contributed by atoms with van der Waals surface area (Å²) in [5, 5.41) is 0.478. The lowest BCUT2D eigenvalue weighted by Crippen LogP contribution is -2.01. The summed E-state index contributed by atoms with van der Waals surface area (Å²) in [5.74, 6) is -1.90. The zero-order valence-corrected chi connectivity index (χ0v) is 11.3. The Balaban J connectivity index is 2.25. The summed E-state index contributed by atoms with van der Waals surface area (Å²) in [6.45, 7) is 0. The third-order valence-corrected chi connectivity index (χ3v) is 4.13. The lowest BCUT2D eigenvalue weighted by atomic mass is 10.2. The summed E-state index contributed by atoms with van der Waals surface area (Å²) in [7, 11) is -1.52.